The molecule has 0 radical (unpaired) electrons. The van der Waals surface area contributed by atoms with Gasteiger partial charge in [0.1, 0.15) is 10.6 Å². The number of hydrogen-bond acceptors (Lipinski definition) is 6. The van der Waals surface area contributed by atoms with E-state index in [2.05, 4.69) is 5.32 Å². The Morgan fingerprint density at radius 3 is 2.50 bits per heavy atom. The summed E-state index contributed by atoms with van der Waals surface area (Å²) >= 11 is 0. The number of nitrogens with one attached hydrogen (secondary N) is 1. The van der Waals surface area contributed by atoms with Gasteiger partial charge in [0.05, 0.1) is 12.0 Å². The first kappa shape index (κ1) is 17.2. The highest BCUT2D eigenvalue weighted by atomic mass is 32.2. The molecule has 0 amide bonds. The monoisotopic (exact) mass is 348 g/mol. The third kappa shape index (κ3) is 3.27. The molecule has 2 rings (SSSR count). The predicted molar refractivity (Wildman–Crippen MR) is 82.3 cm³/mol. The first-order valence-electron chi connectivity index (χ1n) is 6.78. The van der Waals surface area contributed by atoms with Crippen molar-refractivity contribution in [1.29, 1.82) is 0 Å². The Labute approximate surface area is 131 Å². The van der Waals surface area contributed by atoms with Crippen molar-refractivity contribution in [2.45, 2.75) is 22.8 Å². The summed E-state index contributed by atoms with van der Waals surface area (Å²) in [5.41, 5.74) is 0. The molecule has 0 aromatic heterocycles. The SMILES string of the molecule is COc1ccc(S(C)(=O)=O)cc1S(=O)(=O)N1CCNCC1C. The highest BCUT2D eigenvalue weighted by molar-refractivity contribution is 7.91. The van der Waals surface area contributed by atoms with Gasteiger partial charge < -0.3 is 10.1 Å². The van der Waals surface area contributed by atoms with E-state index in [9.17, 15) is 16.8 Å². The van der Waals surface area contributed by atoms with Crippen molar-refractivity contribution in [3.63, 3.8) is 0 Å². The largest absolute Gasteiger partial charge is 0.495 e. The molecule has 1 aromatic rings. The summed E-state index contributed by atoms with van der Waals surface area (Å²) in [5, 5.41) is 3.12. The average Bonchev–Trinajstić information content (AvgIpc) is 2.45. The van der Waals surface area contributed by atoms with Crippen LogP contribution < -0.4 is 10.1 Å². The molecule has 9 heteroatoms. The van der Waals surface area contributed by atoms with Gasteiger partial charge >= 0.3 is 0 Å². The lowest BCUT2D eigenvalue weighted by atomic mass is 10.3. The van der Waals surface area contributed by atoms with Gasteiger partial charge in [-0.2, -0.15) is 4.31 Å². The molecule has 0 saturated carbocycles. The standard InChI is InChI=1S/C13H20N2O5S2/c1-10-9-14-6-7-15(10)22(18,19)13-8-11(21(3,16)17)4-5-12(13)20-2/h4-5,8,10,14H,6-7,9H2,1-3H3. The minimum atomic E-state index is -3.83. The molecule has 124 valence electrons. The van der Waals surface area contributed by atoms with E-state index < -0.39 is 19.9 Å². The number of rotatable bonds is 4. The van der Waals surface area contributed by atoms with Crippen LogP contribution in [-0.2, 0) is 19.9 Å². The number of hydrogen-bond donors (Lipinski definition) is 1. The van der Waals surface area contributed by atoms with Gasteiger partial charge in [0, 0.05) is 31.9 Å². The van der Waals surface area contributed by atoms with E-state index in [4.69, 9.17) is 4.74 Å². The fourth-order valence-electron chi connectivity index (χ4n) is 2.40. The van der Waals surface area contributed by atoms with Crippen LogP contribution in [0.5, 0.6) is 5.75 Å². The summed E-state index contributed by atoms with van der Waals surface area (Å²) in [5.74, 6) is 0.137. The van der Waals surface area contributed by atoms with Crippen LogP contribution in [0.3, 0.4) is 0 Å². The van der Waals surface area contributed by atoms with Gasteiger partial charge in [0.15, 0.2) is 9.84 Å². The van der Waals surface area contributed by atoms with Gasteiger partial charge in [0.25, 0.3) is 0 Å². The highest BCUT2D eigenvalue weighted by Crippen LogP contribution is 2.30. The maximum atomic E-state index is 12.9. The second kappa shape index (κ2) is 6.15. The molecule has 1 heterocycles. The number of methoxy groups -OCH3 is 1. The molecule has 1 N–H and O–H groups in total. The van der Waals surface area contributed by atoms with Gasteiger partial charge in [-0.05, 0) is 25.1 Å². The lowest BCUT2D eigenvalue weighted by Crippen LogP contribution is -2.52. The van der Waals surface area contributed by atoms with Crippen LogP contribution in [0.1, 0.15) is 6.92 Å². The van der Waals surface area contributed by atoms with E-state index in [0.717, 1.165) is 12.3 Å². The summed E-state index contributed by atoms with van der Waals surface area (Å²) in [6.07, 6.45) is 1.04. The van der Waals surface area contributed by atoms with Gasteiger partial charge in [-0.1, -0.05) is 0 Å². The third-order valence-corrected chi connectivity index (χ3v) is 6.74. The molecule has 0 bridgehead atoms. The summed E-state index contributed by atoms with van der Waals surface area (Å²) in [6.45, 7) is 3.23. The van der Waals surface area contributed by atoms with Crippen molar-refractivity contribution in [2.75, 3.05) is 33.0 Å². The van der Waals surface area contributed by atoms with Crippen LogP contribution in [0.2, 0.25) is 0 Å². The Balaban J connectivity index is 2.58. The average molecular weight is 348 g/mol. The van der Waals surface area contributed by atoms with Crippen LogP contribution in [-0.4, -0.2) is 60.2 Å². The molecule has 0 aliphatic carbocycles. The molecule has 1 unspecified atom stereocenters. The van der Waals surface area contributed by atoms with E-state index in [1.54, 1.807) is 6.92 Å². The minimum Gasteiger partial charge on any atom is -0.495 e. The maximum absolute atomic E-state index is 12.9. The molecule has 22 heavy (non-hydrogen) atoms. The summed E-state index contributed by atoms with van der Waals surface area (Å²) in [7, 11) is -5.98. The van der Waals surface area contributed by atoms with E-state index in [1.807, 2.05) is 0 Å². The zero-order chi connectivity index (χ0) is 16.5. The van der Waals surface area contributed by atoms with Gasteiger partial charge in [-0.25, -0.2) is 16.8 Å². The molecule has 1 aliphatic heterocycles. The molecule has 0 spiro atoms. The van der Waals surface area contributed by atoms with Crippen molar-refractivity contribution >= 4 is 19.9 Å². The Kier molecular flexibility index (Phi) is 4.81. The number of sulfone groups is 1. The zero-order valence-electron chi connectivity index (χ0n) is 12.7. The second-order valence-electron chi connectivity index (χ2n) is 5.25. The number of nitrogens with zero attached hydrogens (tertiary/aromatic N) is 1. The van der Waals surface area contributed by atoms with Crippen LogP contribution in [0.15, 0.2) is 28.0 Å². The summed E-state index contributed by atoms with van der Waals surface area (Å²) in [4.78, 5) is -0.165. The molecule has 1 saturated heterocycles. The molecule has 1 atom stereocenters. The number of benzene rings is 1. The van der Waals surface area contributed by atoms with Crippen molar-refractivity contribution in [2.24, 2.45) is 0 Å². The van der Waals surface area contributed by atoms with E-state index in [0.29, 0.717) is 19.6 Å². The molecule has 1 aliphatic rings. The van der Waals surface area contributed by atoms with Crippen molar-refractivity contribution in [1.82, 2.24) is 9.62 Å². The molecular formula is C13H20N2O5S2. The topological polar surface area (TPSA) is 92.8 Å². The van der Waals surface area contributed by atoms with E-state index >= 15 is 0 Å². The van der Waals surface area contributed by atoms with E-state index in [1.165, 1.54) is 23.5 Å². The Hall–Kier alpha value is -1.16. The van der Waals surface area contributed by atoms with Crippen molar-refractivity contribution < 1.29 is 21.6 Å². The number of piperazine rings is 1. The first-order valence-corrected chi connectivity index (χ1v) is 10.1. The molecule has 1 aromatic carbocycles. The van der Waals surface area contributed by atoms with Gasteiger partial charge in [0.2, 0.25) is 10.0 Å². The molecule has 7 nitrogen and oxygen atoms in total. The maximum Gasteiger partial charge on any atom is 0.247 e. The quantitative estimate of drug-likeness (QED) is 0.828. The summed E-state index contributed by atoms with van der Waals surface area (Å²) in [6, 6.07) is 3.66. The Morgan fingerprint density at radius 1 is 1.27 bits per heavy atom. The van der Waals surface area contributed by atoms with Crippen LogP contribution in [0.25, 0.3) is 0 Å². The lowest BCUT2D eigenvalue weighted by molar-refractivity contribution is 0.282. The molecular weight excluding hydrogens is 328 g/mol. The number of sulfonamides is 1. The van der Waals surface area contributed by atoms with Crippen LogP contribution in [0.4, 0.5) is 0 Å². The zero-order valence-corrected chi connectivity index (χ0v) is 14.4. The Morgan fingerprint density at radius 2 is 1.95 bits per heavy atom. The van der Waals surface area contributed by atoms with Crippen molar-refractivity contribution in [3.8, 4) is 5.75 Å². The summed E-state index contributed by atoms with van der Waals surface area (Å²) < 4.78 is 55.6. The smallest absolute Gasteiger partial charge is 0.247 e. The van der Waals surface area contributed by atoms with E-state index in [-0.39, 0.29) is 21.6 Å². The highest BCUT2D eigenvalue weighted by Gasteiger charge is 2.33. The second-order valence-corrected chi connectivity index (χ2v) is 9.13. The Bertz CT molecular complexity index is 759. The lowest BCUT2D eigenvalue weighted by Gasteiger charge is -2.33. The van der Waals surface area contributed by atoms with Gasteiger partial charge in [-0.15, -0.1) is 0 Å². The normalized spacial score (nSPS) is 20.8. The molecule has 1 fully saturated rings. The van der Waals surface area contributed by atoms with Crippen molar-refractivity contribution in [3.05, 3.63) is 18.2 Å². The minimum absolute atomic E-state index is 0.0466. The number of ether oxygens (including phenoxy) is 1. The predicted octanol–water partition coefficient (Wildman–Crippen LogP) is 0.0811. The van der Waals surface area contributed by atoms with Crippen LogP contribution >= 0.6 is 0 Å². The first-order chi connectivity index (χ1) is 10.2. The van der Waals surface area contributed by atoms with Gasteiger partial charge in [-0.3, -0.25) is 0 Å². The fourth-order valence-corrected chi connectivity index (χ4v) is 4.93. The van der Waals surface area contributed by atoms with Crippen LogP contribution in [0, 0.1) is 0 Å². The fraction of sp³-hybridized carbons (Fsp3) is 0.538. The third-order valence-electron chi connectivity index (χ3n) is 3.59.